The van der Waals surface area contributed by atoms with Crippen LogP contribution in [0.25, 0.3) is 0 Å². The highest BCUT2D eigenvalue weighted by Crippen LogP contribution is 2.44. The summed E-state index contributed by atoms with van der Waals surface area (Å²) in [6.07, 6.45) is 0. The van der Waals surface area contributed by atoms with Crippen molar-refractivity contribution in [1.29, 1.82) is 0 Å². The highest BCUT2D eigenvalue weighted by molar-refractivity contribution is 7.11. The molecule has 0 radical (unpaired) electrons. The van der Waals surface area contributed by atoms with E-state index in [1.165, 1.54) is 40.8 Å². The van der Waals surface area contributed by atoms with Crippen molar-refractivity contribution in [3.63, 3.8) is 0 Å². The van der Waals surface area contributed by atoms with Crippen LogP contribution >= 0.6 is 36.2 Å². The maximum absolute atomic E-state index is 5.31. The van der Waals surface area contributed by atoms with Crippen molar-refractivity contribution >= 4 is 36.2 Å². The van der Waals surface area contributed by atoms with Gasteiger partial charge in [0.25, 0.3) is 0 Å². The van der Waals surface area contributed by atoms with E-state index >= 15 is 0 Å². The van der Waals surface area contributed by atoms with Crippen molar-refractivity contribution in [2.45, 2.75) is 26.4 Å². The molecule has 0 bridgehead atoms. The van der Waals surface area contributed by atoms with Crippen molar-refractivity contribution in [3.8, 4) is 5.75 Å². The Hall–Kier alpha value is -0.850. The van der Waals surface area contributed by atoms with Gasteiger partial charge in [-0.2, -0.15) is 0 Å². The molecular formula is C20H29Cl2N3OS. The first-order valence-electron chi connectivity index (χ1n) is 9.04. The highest BCUT2D eigenvalue weighted by Gasteiger charge is 2.46. The summed E-state index contributed by atoms with van der Waals surface area (Å²) in [6.45, 7) is 8.84. The van der Waals surface area contributed by atoms with Gasteiger partial charge < -0.3 is 4.74 Å². The van der Waals surface area contributed by atoms with Gasteiger partial charge in [0.1, 0.15) is 10.8 Å². The van der Waals surface area contributed by atoms with Crippen LogP contribution in [0.15, 0.2) is 24.3 Å². The molecule has 3 atom stereocenters. The van der Waals surface area contributed by atoms with Crippen molar-refractivity contribution in [2.75, 3.05) is 33.8 Å². The van der Waals surface area contributed by atoms with Crippen molar-refractivity contribution in [3.05, 3.63) is 45.4 Å². The third kappa shape index (κ3) is 4.43. The lowest BCUT2D eigenvalue weighted by atomic mass is 9.89. The van der Waals surface area contributed by atoms with Gasteiger partial charge in [-0.25, -0.2) is 4.98 Å². The van der Waals surface area contributed by atoms with Gasteiger partial charge in [0.05, 0.1) is 19.3 Å². The number of hydrogen-bond donors (Lipinski definition) is 0. The third-order valence-electron chi connectivity index (χ3n) is 5.86. The Bertz CT molecular complexity index is 733. The second-order valence-corrected chi connectivity index (χ2v) is 8.81. The monoisotopic (exact) mass is 429 g/mol. The Morgan fingerprint density at radius 1 is 1.11 bits per heavy atom. The number of nitrogens with zero attached hydrogens (tertiary/aromatic N) is 3. The molecule has 0 aliphatic carbocycles. The van der Waals surface area contributed by atoms with Gasteiger partial charge in [-0.1, -0.05) is 12.1 Å². The molecule has 0 N–H and O–H groups in total. The summed E-state index contributed by atoms with van der Waals surface area (Å²) < 4.78 is 5.31. The summed E-state index contributed by atoms with van der Waals surface area (Å²) in [6, 6.07) is 9.16. The first kappa shape index (κ1) is 22.4. The van der Waals surface area contributed by atoms with E-state index in [0.717, 1.165) is 18.2 Å². The SMILES string of the molecule is COc1ccc([C@H]2[C@@H]3CN(Cc4nc(C)c(C)s4)C[C@@H]3CN2C)cc1.Cl.Cl. The molecule has 7 heteroatoms. The number of aromatic nitrogens is 1. The van der Waals surface area contributed by atoms with Crippen LogP contribution < -0.4 is 4.74 Å². The number of halogens is 2. The molecule has 1 aromatic heterocycles. The van der Waals surface area contributed by atoms with E-state index in [9.17, 15) is 0 Å². The van der Waals surface area contributed by atoms with Crippen LogP contribution in [0.2, 0.25) is 0 Å². The quantitative estimate of drug-likeness (QED) is 0.721. The van der Waals surface area contributed by atoms with Gasteiger partial charge in [-0.3, -0.25) is 9.80 Å². The molecule has 2 saturated heterocycles. The van der Waals surface area contributed by atoms with E-state index in [1.54, 1.807) is 7.11 Å². The molecule has 0 unspecified atom stereocenters. The predicted octanol–water partition coefficient (Wildman–Crippen LogP) is 4.35. The minimum absolute atomic E-state index is 0. The Balaban J connectivity index is 0.00000131. The standard InChI is InChI=1S/C20H27N3OS.2ClH/c1-13-14(2)25-19(21-13)12-23-10-16-9-22(3)20(18(16)11-23)15-5-7-17(24-4)8-6-15;;/h5-8,16,18,20H,9-12H2,1-4H3;2*1H/t16-,18+,20-;;/m0../s1. The number of likely N-dealkylation sites (tertiary alicyclic amines) is 2. The maximum atomic E-state index is 5.31. The minimum Gasteiger partial charge on any atom is -0.497 e. The molecule has 1 aromatic carbocycles. The van der Waals surface area contributed by atoms with E-state index in [4.69, 9.17) is 9.72 Å². The summed E-state index contributed by atoms with van der Waals surface area (Å²) >= 11 is 1.85. The molecule has 4 rings (SSSR count). The lowest BCUT2D eigenvalue weighted by Gasteiger charge is -2.26. The third-order valence-corrected chi connectivity index (χ3v) is 6.92. The lowest BCUT2D eigenvalue weighted by molar-refractivity contribution is 0.224. The number of ether oxygens (including phenoxy) is 1. The minimum atomic E-state index is 0. The van der Waals surface area contributed by atoms with E-state index < -0.39 is 0 Å². The Labute approximate surface area is 178 Å². The molecule has 0 amide bonds. The molecule has 27 heavy (non-hydrogen) atoms. The topological polar surface area (TPSA) is 28.6 Å². The average molecular weight is 430 g/mol. The van der Waals surface area contributed by atoms with Gasteiger partial charge in [0.2, 0.25) is 0 Å². The molecule has 0 spiro atoms. The zero-order valence-corrected chi connectivity index (χ0v) is 18.8. The largest absolute Gasteiger partial charge is 0.497 e. The molecule has 3 heterocycles. The molecule has 4 nitrogen and oxygen atoms in total. The second kappa shape index (κ2) is 9.10. The van der Waals surface area contributed by atoms with Crippen LogP contribution in [0.4, 0.5) is 0 Å². The number of aryl methyl sites for hydroxylation is 2. The van der Waals surface area contributed by atoms with E-state index in [-0.39, 0.29) is 24.8 Å². The van der Waals surface area contributed by atoms with Gasteiger partial charge in [0, 0.05) is 30.6 Å². The van der Waals surface area contributed by atoms with Crippen LogP contribution in [-0.2, 0) is 6.54 Å². The average Bonchev–Trinajstić information content (AvgIpc) is 3.20. The van der Waals surface area contributed by atoms with Crippen LogP contribution in [0.5, 0.6) is 5.75 Å². The van der Waals surface area contributed by atoms with Gasteiger partial charge in [-0.05, 0) is 50.4 Å². The van der Waals surface area contributed by atoms with Crippen LogP contribution in [0.3, 0.4) is 0 Å². The normalized spacial score (nSPS) is 25.0. The molecule has 0 saturated carbocycles. The van der Waals surface area contributed by atoms with Crippen LogP contribution in [-0.4, -0.2) is 48.6 Å². The number of benzene rings is 1. The highest BCUT2D eigenvalue weighted by atomic mass is 35.5. The molecule has 2 aliphatic heterocycles. The van der Waals surface area contributed by atoms with Crippen LogP contribution in [0.1, 0.15) is 27.2 Å². The summed E-state index contributed by atoms with van der Waals surface area (Å²) in [5, 5.41) is 1.27. The maximum Gasteiger partial charge on any atom is 0.118 e. The predicted molar refractivity (Wildman–Crippen MR) is 117 cm³/mol. The van der Waals surface area contributed by atoms with E-state index in [2.05, 4.69) is 55.0 Å². The van der Waals surface area contributed by atoms with Crippen LogP contribution in [0, 0.1) is 25.7 Å². The van der Waals surface area contributed by atoms with E-state index in [1.807, 2.05) is 11.3 Å². The Kier molecular flexibility index (Phi) is 7.56. The summed E-state index contributed by atoms with van der Waals surface area (Å²) in [4.78, 5) is 11.2. The molecule has 2 aliphatic rings. The lowest BCUT2D eigenvalue weighted by Crippen LogP contribution is -2.28. The van der Waals surface area contributed by atoms with Gasteiger partial charge >= 0.3 is 0 Å². The fraction of sp³-hybridized carbons (Fsp3) is 0.550. The first-order chi connectivity index (χ1) is 12.0. The number of hydrogen-bond acceptors (Lipinski definition) is 5. The smallest absolute Gasteiger partial charge is 0.118 e. The summed E-state index contributed by atoms with van der Waals surface area (Å²) in [5.74, 6) is 2.41. The Morgan fingerprint density at radius 2 is 1.81 bits per heavy atom. The van der Waals surface area contributed by atoms with Crippen molar-refractivity contribution in [1.82, 2.24) is 14.8 Å². The molecule has 2 aromatic rings. The summed E-state index contributed by atoms with van der Waals surface area (Å²) in [7, 11) is 3.99. The summed E-state index contributed by atoms with van der Waals surface area (Å²) in [5.41, 5.74) is 2.61. The number of thiazole rings is 1. The number of methoxy groups -OCH3 is 1. The number of fused-ring (bicyclic) bond motifs is 1. The van der Waals surface area contributed by atoms with E-state index in [0.29, 0.717) is 12.0 Å². The van der Waals surface area contributed by atoms with Crippen molar-refractivity contribution < 1.29 is 4.74 Å². The fourth-order valence-corrected chi connectivity index (χ4v) is 5.56. The Morgan fingerprint density at radius 3 is 2.41 bits per heavy atom. The zero-order chi connectivity index (χ0) is 17.6. The second-order valence-electron chi connectivity index (χ2n) is 7.52. The first-order valence-corrected chi connectivity index (χ1v) is 9.86. The number of rotatable bonds is 4. The van der Waals surface area contributed by atoms with Gasteiger partial charge in [-0.15, -0.1) is 36.2 Å². The zero-order valence-electron chi connectivity index (χ0n) is 16.3. The van der Waals surface area contributed by atoms with Gasteiger partial charge in [0.15, 0.2) is 0 Å². The molecule has 150 valence electrons. The van der Waals surface area contributed by atoms with Crippen molar-refractivity contribution in [2.24, 2.45) is 11.8 Å². The molecular weight excluding hydrogens is 401 g/mol. The fourth-order valence-electron chi connectivity index (χ4n) is 4.58. The molecule has 2 fully saturated rings.